The smallest absolute Gasteiger partial charge is 0.220 e. The highest BCUT2D eigenvalue weighted by atomic mass is 16.2. The van der Waals surface area contributed by atoms with Crippen molar-refractivity contribution in [3.8, 4) is 12.3 Å². The summed E-state index contributed by atoms with van der Waals surface area (Å²) >= 11 is 0. The first-order valence-corrected chi connectivity index (χ1v) is 10.1. The van der Waals surface area contributed by atoms with E-state index in [0.717, 1.165) is 46.2 Å². The molecule has 1 amide bonds. The van der Waals surface area contributed by atoms with Gasteiger partial charge in [0.15, 0.2) is 5.78 Å². The normalized spacial score (nSPS) is 21.4. The number of hydrogen-bond donors (Lipinski definition) is 1. The van der Waals surface area contributed by atoms with Crippen molar-refractivity contribution in [2.75, 3.05) is 6.54 Å². The summed E-state index contributed by atoms with van der Waals surface area (Å²) in [7, 11) is 0. The summed E-state index contributed by atoms with van der Waals surface area (Å²) in [4.78, 5) is 38.0. The molecule has 2 unspecified atom stereocenters. The lowest BCUT2D eigenvalue weighted by Crippen LogP contribution is -2.29. The molecule has 1 N–H and O–H groups in total. The summed E-state index contributed by atoms with van der Waals surface area (Å²) in [5.41, 5.74) is 5.92. The lowest BCUT2D eigenvalue weighted by molar-refractivity contribution is -0.128. The van der Waals surface area contributed by atoms with Crippen LogP contribution in [0.2, 0.25) is 0 Å². The largest absolute Gasteiger partial charge is 0.352 e. The van der Waals surface area contributed by atoms with Crippen LogP contribution in [-0.4, -0.2) is 24.0 Å². The molecule has 0 saturated heterocycles. The maximum Gasteiger partial charge on any atom is 0.220 e. The predicted octanol–water partition coefficient (Wildman–Crippen LogP) is 3.64. The Hall–Kier alpha value is -2.93. The van der Waals surface area contributed by atoms with Gasteiger partial charge in [0.1, 0.15) is 11.7 Å². The molecule has 1 fully saturated rings. The van der Waals surface area contributed by atoms with Crippen LogP contribution in [0.5, 0.6) is 0 Å². The van der Waals surface area contributed by atoms with Gasteiger partial charge in [-0.2, -0.15) is 0 Å². The molecule has 29 heavy (non-hydrogen) atoms. The van der Waals surface area contributed by atoms with Crippen LogP contribution < -0.4 is 5.32 Å². The third-order valence-electron chi connectivity index (χ3n) is 5.85. The number of allylic oxidation sites excluding steroid dienone is 3. The van der Waals surface area contributed by atoms with Gasteiger partial charge in [0, 0.05) is 30.9 Å². The van der Waals surface area contributed by atoms with Crippen molar-refractivity contribution in [2.24, 2.45) is 5.92 Å². The number of nitrogens with one attached hydrogen (secondary N) is 1. The van der Waals surface area contributed by atoms with Crippen LogP contribution in [0.1, 0.15) is 53.9 Å². The Morgan fingerprint density at radius 2 is 1.83 bits per heavy atom. The van der Waals surface area contributed by atoms with Crippen LogP contribution in [0, 0.1) is 39.0 Å². The fraction of sp³-hybridized carbons (Fsp3) is 0.400. The molecular formula is C25H27NO3. The average Bonchev–Trinajstić information content (AvgIpc) is 2.94. The fourth-order valence-corrected chi connectivity index (χ4v) is 4.43. The quantitative estimate of drug-likeness (QED) is 0.618. The molecule has 3 rings (SSSR count). The fourth-order valence-electron chi connectivity index (χ4n) is 4.43. The summed E-state index contributed by atoms with van der Waals surface area (Å²) in [6.07, 6.45) is 11.1. The Bertz CT molecular complexity index is 951. The van der Waals surface area contributed by atoms with Gasteiger partial charge in [-0.3, -0.25) is 14.4 Å². The van der Waals surface area contributed by atoms with E-state index in [1.807, 2.05) is 45.1 Å². The Balaban J connectivity index is 1.63. The second-order valence-corrected chi connectivity index (χ2v) is 8.16. The van der Waals surface area contributed by atoms with Gasteiger partial charge in [0.05, 0.1) is 0 Å². The van der Waals surface area contributed by atoms with Gasteiger partial charge in [-0.15, -0.1) is 6.42 Å². The predicted molar refractivity (Wildman–Crippen MR) is 113 cm³/mol. The molecule has 0 radical (unpaired) electrons. The molecule has 2 aliphatic carbocycles. The van der Waals surface area contributed by atoms with Gasteiger partial charge in [-0.05, 0) is 50.3 Å². The Kier molecular flexibility index (Phi) is 6.17. The summed E-state index contributed by atoms with van der Waals surface area (Å²) < 4.78 is 0. The van der Waals surface area contributed by atoms with Crippen LogP contribution in [0.15, 0.2) is 35.4 Å². The van der Waals surface area contributed by atoms with Crippen molar-refractivity contribution >= 4 is 17.5 Å². The molecule has 1 aromatic carbocycles. The zero-order chi connectivity index (χ0) is 21.1. The molecule has 0 aromatic heterocycles. The SMILES string of the molecule is C#CC1=CC=C(CNC(=O)CC2CC(=O)C(c3c(C)cc(C)cc3C)C2=O)CC1. The highest BCUT2D eigenvalue weighted by Crippen LogP contribution is 2.37. The molecule has 4 nitrogen and oxygen atoms in total. The molecule has 1 aromatic rings. The summed E-state index contributed by atoms with van der Waals surface area (Å²) in [6.45, 7) is 6.32. The maximum absolute atomic E-state index is 13.0. The van der Waals surface area contributed by atoms with E-state index in [9.17, 15) is 14.4 Å². The topological polar surface area (TPSA) is 63.2 Å². The molecule has 4 heteroatoms. The van der Waals surface area contributed by atoms with Crippen LogP contribution in [0.25, 0.3) is 0 Å². The molecule has 0 bridgehead atoms. The Labute approximate surface area is 172 Å². The minimum atomic E-state index is -0.734. The van der Waals surface area contributed by atoms with Gasteiger partial charge in [-0.1, -0.05) is 41.3 Å². The molecule has 1 saturated carbocycles. The number of carbonyl (C=O) groups excluding carboxylic acids is 3. The summed E-state index contributed by atoms with van der Waals surface area (Å²) in [6, 6.07) is 4.00. The van der Waals surface area contributed by atoms with E-state index in [-0.39, 0.29) is 30.3 Å². The lowest BCUT2D eigenvalue weighted by Gasteiger charge is -2.16. The second kappa shape index (κ2) is 8.61. The van der Waals surface area contributed by atoms with E-state index >= 15 is 0 Å². The second-order valence-electron chi connectivity index (χ2n) is 8.16. The van der Waals surface area contributed by atoms with Crippen molar-refractivity contribution in [1.82, 2.24) is 5.32 Å². The monoisotopic (exact) mass is 389 g/mol. The minimum absolute atomic E-state index is 0.0593. The van der Waals surface area contributed by atoms with Crippen molar-refractivity contribution in [3.63, 3.8) is 0 Å². The van der Waals surface area contributed by atoms with Crippen molar-refractivity contribution < 1.29 is 14.4 Å². The van der Waals surface area contributed by atoms with E-state index in [0.29, 0.717) is 6.54 Å². The van der Waals surface area contributed by atoms with Crippen LogP contribution in [-0.2, 0) is 14.4 Å². The van der Waals surface area contributed by atoms with Crippen LogP contribution in [0.4, 0.5) is 0 Å². The number of aryl methyl sites for hydroxylation is 3. The van der Waals surface area contributed by atoms with Gasteiger partial charge in [0.2, 0.25) is 5.91 Å². The number of Topliss-reactive ketones (excluding diaryl/α,β-unsaturated/α-hetero) is 2. The summed E-state index contributed by atoms with van der Waals surface area (Å²) in [5, 5.41) is 2.88. The van der Waals surface area contributed by atoms with Crippen LogP contribution in [0.3, 0.4) is 0 Å². The third kappa shape index (κ3) is 4.56. The van der Waals surface area contributed by atoms with Gasteiger partial charge < -0.3 is 5.32 Å². The van der Waals surface area contributed by atoms with Gasteiger partial charge in [0.25, 0.3) is 0 Å². The minimum Gasteiger partial charge on any atom is -0.352 e. The highest BCUT2D eigenvalue weighted by Gasteiger charge is 2.43. The average molecular weight is 389 g/mol. The van der Waals surface area contributed by atoms with E-state index in [2.05, 4.69) is 11.2 Å². The number of carbonyl (C=O) groups is 3. The van der Waals surface area contributed by atoms with Gasteiger partial charge >= 0.3 is 0 Å². The van der Waals surface area contributed by atoms with E-state index in [4.69, 9.17) is 6.42 Å². The van der Waals surface area contributed by atoms with Gasteiger partial charge in [-0.25, -0.2) is 0 Å². The number of amides is 1. The molecule has 0 aliphatic heterocycles. The Morgan fingerprint density at radius 3 is 2.41 bits per heavy atom. The molecule has 0 heterocycles. The van der Waals surface area contributed by atoms with Crippen molar-refractivity contribution in [1.29, 1.82) is 0 Å². The first kappa shape index (κ1) is 20.8. The standard InChI is InChI=1S/C25H27NO3/c1-5-18-6-8-19(9-7-18)14-26-22(28)13-20-12-21(27)24(25(20)29)23-16(3)10-15(2)11-17(23)4/h1,6,8,10-11,20,24H,7,9,12-14H2,2-4H3,(H,26,28). The number of hydrogen-bond acceptors (Lipinski definition) is 3. The number of ketones is 2. The van der Waals surface area contributed by atoms with E-state index < -0.39 is 11.8 Å². The Morgan fingerprint density at radius 1 is 1.14 bits per heavy atom. The summed E-state index contributed by atoms with van der Waals surface area (Å²) in [5.74, 6) is 0.962. The third-order valence-corrected chi connectivity index (χ3v) is 5.85. The molecule has 2 aliphatic rings. The first-order valence-electron chi connectivity index (χ1n) is 10.1. The maximum atomic E-state index is 13.0. The molecular weight excluding hydrogens is 362 g/mol. The lowest BCUT2D eigenvalue weighted by atomic mass is 9.86. The first-order chi connectivity index (χ1) is 13.8. The van der Waals surface area contributed by atoms with Crippen molar-refractivity contribution in [2.45, 2.75) is 52.4 Å². The molecule has 2 atom stereocenters. The van der Waals surface area contributed by atoms with Crippen LogP contribution >= 0.6 is 0 Å². The molecule has 150 valence electrons. The van der Waals surface area contributed by atoms with E-state index in [1.54, 1.807) is 0 Å². The number of benzene rings is 1. The number of rotatable bonds is 5. The van der Waals surface area contributed by atoms with Crippen molar-refractivity contribution in [3.05, 3.63) is 57.7 Å². The van der Waals surface area contributed by atoms with E-state index in [1.165, 1.54) is 0 Å². The zero-order valence-electron chi connectivity index (χ0n) is 17.3. The highest BCUT2D eigenvalue weighted by molar-refractivity contribution is 6.15. The molecule has 0 spiro atoms. The zero-order valence-corrected chi connectivity index (χ0v) is 17.3. The number of terminal acetylenes is 1.